The van der Waals surface area contributed by atoms with Crippen molar-refractivity contribution < 1.29 is 4.42 Å². The van der Waals surface area contributed by atoms with E-state index in [2.05, 4.69) is 11.1 Å². The highest BCUT2D eigenvalue weighted by atomic mass is 32.2. The van der Waals surface area contributed by atoms with E-state index in [9.17, 15) is 0 Å². The fourth-order valence-corrected chi connectivity index (χ4v) is 2.92. The quantitative estimate of drug-likeness (QED) is 0.749. The van der Waals surface area contributed by atoms with Gasteiger partial charge in [-0.05, 0) is 12.8 Å². The van der Waals surface area contributed by atoms with E-state index in [1.54, 1.807) is 24.2 Å². The maximum Gasteiger partial charge on any atom is 0.255 e. The van der Waals surface area contributed by atoms with Crippen LogP contribution < -0.4 is 0 Å². The lowest BCUT2D eigenvalue weighted by atomic mass is 9.90. The van der Waals surface area contributed by atoms with E-state index in [0.717, 1.165) is 12.8 Å². The van der Waals surface area contributed by atoms with E-state index in [0.29, 0.717) is 10.5 Å². The van der Waals surface area contributed by atoms with Gasteiger partial charge in [-0.2, -0.15) is 5.26 Å². The molecule has 1 aromatic heterocycles. The van der Waals surface area contributed by atoms with E-state index in [1.807, 2.05) is 0 Å². The zero-order chi connectivity index (χ0) is 9.80. The zero-order valence-corrected chi connectivity index (χ0v) is 8.67. The molecule has 3 nitrogen and oxygen atoms in total. The number of nitriles is 1. The van der Waals surface area contributed by atoms with Gasteiger partial charge in [-0.25, -0.2) is 4.98 Å². The number of nitrogens with zero attached hydrogens (tertiary/aromatic N) is 2. The number of hydrogen-bond acceptors (Lipinski definition) is 4. The topological polar surface area (TPSA) is 49.8 Å². The maximum atomic E-state index is 8.98. The molecule has 74 valence electrons. The van der Waals surface area contributed by atoms with Crippen LogP contribution in [0.4, 0.5) is 0 Å². The molecule has 0 radical (unpaired) electrons. The summed E-state index contributed by atoms with van der Waals surface area (Å²) in [5.41, 5.74) is 0. The van der Waals surface area contributed by atoms with Gasteiger partial charge in [-0.15, -0.1) is 0 Å². The van der Waals surface area contributed by atoms with Crippen LogP contribution in [-0.2, 0) is 0 Å². The fraction of sp³-hybridized carbons (Fsp3) is 0.600. The maximum absolute atomic E-state index is 8.98. The first kappa shape index (κ1) is 9.60. The Bertz CT molecular complexity index is 317. The van der Waals surface area contributed by atoms with Gasteiger partial charge >= 0.3 is 0 Å². The summed E-state index contributed by atoms with van der Waals surface area (Å²) in [6, 6.07) is 2.38. The average molecular weight is 208 g/mol. The average Bonchev–Trinajstić information content (AvgIpc) is 2.71. The van der Waals surface area contributed by atoms with Gasteiger partial charge in [0.1, 0.15) is 6.26 Å². The molecule has 4 heteroatoms. The standard InChI is InChI=1S/C10H12N2OS/c11-7-8-3-1-2-4-9(8)14-10-12-5-6-13-10/h5-6,8-9H,1-4H2. The predicted molar refractivity (Wildman–Crippen MR) is 53.7 cm³/mol. The molecule has 0 aromatic carbocycles. The molecule has 0 spiro atoms. The van der Waals surface area contributed by atoms with Gasteiger partial charge < -0.3 is 4.42 Å². The van der Waals surface area contributed by atoms with Crippen molar-refractivity contribution in [2.45, 2.75) is 36.2 Å². The third-order valence-corrected chi connectivity index (χ3v) is 3.80. The monoisotopic (exact) mass is 208 g/mol. The Morgan fingerprint density at radius 1 is 1.50 bits per heavy atom. The number of hydrogen-bond donors (Lipinski definition) is 0. The van der Waals surface area contributed by atoms with Crippen molar-refractivity contribution in [1.29, 1.82) is 5.26 Å². The lowest BCUT2D eigenvalue weighted by Crippen LogP contribution is -2.20. The Morgan fingerprint density at radius 2 is 2.36 bits per heavy atom. The van der Waals surface area contributed by atoms with Crippen LogP contribution in [0.5, 0.6) is 0 Å². The minimum atomic E-state index is 0.167. The van der Waals surface area contributed by atoms with Gasteiger partial charge in [0.2, 0.25) is 0 Å². The summed E-state index contributed by atoms with van der Waals surface area (Å²) in [5, 5.41) is 10.0. The summed E-state index contributed by atoms with van der Waals surface area (Å²) in [6.45, 7) is 0. The molecule has 1 saturated carbocycles. The van der Waals surface area contributed by atoms with Gasteiger partial charge in [0.15, 0.2) is 0 Å². The SMILES string of the molecule is N#CC1CCCCC1Sc1ncco1. The molecule has 1 aromatic rings. The smallest absolute Gasteiger partial charge is 0.255 e. The van der Waals surface area contributed by atoms with Crippen molar-refractivity contribution in [3.05, 3.63) is 12.5 Å². The molecule has 0 bridgehead atoms. The number of thioether (sulfide) groups is 1. The largest absolute Gasteiger partial charge is 0.440 e. The van der Waals surface area contributed by atoms with Crippen LogP contribution in [0.25, 0.3) is 0 Å². The van der Waals surface area contributed by atoms with Crippen LogP contribution in [0.1, 0.15) is 25.7 Å². The second kappa shape index (κ2) is 4.52. The van der Waals surface area contributed by atoms with E-state index >= 15 is 0 Å². The Balaban J connectivity index is 1.99. The molecule has 1 aliphatic carbocycles. The first-order valence-electron chi connectivity index (χ1n) is 4.86. The van der Waals surface area contributed by atoms with Crippen molar-refractivity contribution >= 4 is 11.8 Å². The molecule has 1 fully saturated rings. The summed E-state index contributed by atoms with van der Waals surface area (Å²) >= 11 is 1.60. The van der Waals surface area contributed by atoms with E-state index in [-0.39, 0.29) is 5.92 Å². The van der Waals surface area contributed by atoms with E-state index < -0.39 is 0 Å². The molecule has 1 aliphatic rings. The van der Waals surface area contributed by atoms with Gasteiger partial charge in [0.05, 0.1) is 18.2 Å². The Labute approximate surface area is 87.5 Å². The Hall–Kier alpha value is -0.950. The minimum absolute atomic E-state index is 0.167. The van der Waals surface area contributed by atoms with Gasteiger partial charge in [-0.3, -0.25) is 0 Å². The predicted octanol–water partition coefficient (Wildman–Crippen LogP) is 2.85. The highest BCUT2D eigenvalue weighted by molar-refractivity contribution is 7.99. The Morgan fingerprint density at radius 3 is 3.07 bits per heavy atom. The third-order valence-electron chi connectivity index (χ3n) is 2.53. The van der Waals surface area contributed by atoms with Crippen molar-refractivity contribution in [2.24, 2.45) is 5.92 Å². The molecule has 0 aliphatic heterocycles. The summed E-state index contributed by atoms with van der Waals surface area (Å²) < 4.78 is 5.17. The number of aromatic nitrogens is 1. The first-order chi connectivity index (χ1) is 6.90. The van der Waals surface area contributed by atoms with Crippen molar-refractivity contribution in [1.82, 2.24) is 4.98 Å². The molecule has 14 heavy (non-hydrogen) atoms. The van der Waals surface area contributed by atoms with Crippen LogP contribution in [0.2, 0.25) is 0 Å². The molecule has 2 rings (SSSR count). The second-order valence-electron chi connectivity index (χ2n) is 3.47. The second-order valence-corrected chi connectivity index (χ2v) is 4.66. The van der Waals surface area contributed by atoms with Crippen LogP contribution in [0.3, 0.4) is 0 Å². The lowest BCUT2D eigenvalue weighted by molar-refractivity contribution is 0.424. The molecule has 2 unspecified atom stereocenters. The summed E-state index contributed by atoms with van der Waals surface area (Å²) in [5.74, 6) is 0.167. The van der Waals surface area contributed by atoms with Gasteiger partial charge in [0.25, 0.3) is 5.22 Å². The van der Waals surface area contributed by atoms with Crippen molar-refractivity contribution in [3.63, 3.8) is 0 Å². The lowest BCUT2D eigenvalue weighted by Gasteiger charge is -2.24. The minimum Gasteiger partial charge on any atom is -0.440 e. The Kier molecular flexibility index (Phi) is 3.10. The molecular weight excluding hydrogens is 196 g/mol. The van der Waals surface area contributed by atoms with Crippen molar-refractivity contribution in [2.75, 3.05) is 0 Å². The molecule has 1 heterocycles. The third kappa shape index (κ3) is 2.10. The molecule has 0 amide bonds. The first-order valence-corrected chi connectivity index (χ1v) is 5.74. The normalized spacial score (nSPS) is 27.1. The van der Waals surface area contributed by atoms with E-state index in [4.69, 9.17) is 9.68 Å². The fourth-order valence-electron chi connectivity index (χ4n) is 1.78. The van der Waals surface area contributed by atoms with Crippen LogP contribution in [0.15, 0.2) is 22.1 Å². The number of rotatable bonds is 2. The van der Waals surface area contributed by atoms with E-state index in [1.165, 1.54) is 12.8 Å². The van der Waals surface area contributed by atoms with Crippen LogP contribution in [-0.4, -0.2) is 10.2 Å². The molecule has 0 saturated heterocycles. The van der Waals surface area contributed by atoms with Gasteiger partial charge in [-0.1, -0.05) is 24.6 Å². The molecule has 2 atom stereocenters. The highest BCUT2D eigenvalue weighted by Crippen LogP contribution is 2.36. The summed E-state index contributed by atoms with van der Waals surface area (Å²) in [4.78, 5) is 4.07. The highest BCUT2D eigenvalue weighted by Gasteiger charge is 2.26. The number of oxazole rings is 1. The van der Waals surface area contributed by atoms with Crippen LogP contribution in [0, 0.1) is 17.2 Å². The summed E-state index contributed by atoms with van der Waals surface area (Å²) in [7, 11) is 0. The van der Waals surface area contributed by atoms with Crippen LogP contribution >= 0.6 is 11.8 Å². The molecular formula is C10H12N2OS. The molecule has 0 N–H and O–H groups in total. The summed E-state index contributed by atoms with van der Waals surface area (Å²) in [6.07, 6.45) is 7.75. The van der Waals surface area contributed by atoms with Crippen molar-refractivity contribution in [3.8, 4) is 6.07 Å². The van der Waals surface area contributed by atoms with Gasteiger partial charge in [0, 0.05) is 5.25 Å². The zero-order valence-electron chi connectivity index (χ0n) is 7.85.